The molecule has 444 valence electrons. The summed E-state index contributed by atoms with van der Waals surface area (Å²) in [6.07, 6.45) is -0.155. The lowest BCUT2D eigenvalue weighted by Gasteiger charge is -2.32. The molecular weight excluding hydrogens is 1050 g/mol. The second-order valence-electron chi connectivity index (χ2n) is 21.2. The molecule has 0 spiro atoms. The van der Waals surface area contributed by atoms with Crippen molar-refractivity contribution in [3.8, 4) is 5.75 Å². The first-order valence-corrected chi connectivity index (χ1v) is 27.2. The summed E-state index contributed by atoms with van der Waals surface area (Å²) in [4.78, 5) is 156. The van der Waals surface area contributed by atoms with E-state index in [1.165, 1.54) is 21.9 Å². The molecule has 0 saturated carbocycles. The third kappa shape index (κ3) is 20.7. The number of rotatable bonds is 31. The summed E-state index contributed by atoms with van der Waals surface area (Å²) in [5, 5.41) is 25.3. The number of hydrogen-bond donors (Lipinski definition) is 13. The number of nitrogens with one attached hydrogen (secondary N) is 6. The average Bonchev–Trinajstić information content (AvgIpc) is 4.19. The summed E-state index contributed by atoms with van der Waals surface area (Å²) in [7, 11) is 0. The molecule has 4 rings (SSSR count). The second-order valence-corrected chi connectivity index (χ2v) is 21.2. The van der Waals surface area contributed by atoms with Gasteiger partial charge in [-0.3, -0.25) is 57.7 Å². The number of guanidine groups is 1. The molecule has 2 aromatic rings. The lowest BCUT2D eigenvalue weighted by atomic mass is 10.00. The molecule has 0 unspecified atom stereocenters. The highest BCUT2D eigenvalue weighted by molar-refractivity contribution is 5.99. The monoisotopic (exact) mass is 1130 g/mol. The Balaban J connectivity index is 1.49. The highest BCUT2D eigenvalue weighted by atomic mass is 16.3. The molecule has 2 heterocycles. The van der Waals surface area contributed by atoms with Gasteiger partial charge in [-0.05, 0) is 92.9 Å². The first kappa shape index (κ1) is 65.2. The Kier molecular flexibility index (Phi) is 25.3. The minimum absolute atomic E-state index is 0.0245. The third-order valence-electron chi connectivity index (χ3n) is 13.8. The number of hydrogen-bond acceptors (Lipinski definition) is 14. The molecule has 0 aromatic heterocycles. The van der Waals surface area contributed by atoms with Crippen LogP contribution in [0.2, 0.25) is 0 Å². The van der Waals surface area contributed by atoms with E-state index in [0.717, 1.165) is 0 Å². The van der Waals surface area contributed by atoms with Gasteiger partial charge < -0.3 is 81.2 Å². The number of aliphatic imine (C=N–C) groups is 1. The van der Waals surface area contributed by atoms with Gasteiger partial charge in [0.15, 0.2) is 5.96 Å². The minimum Gasteiger partial charge on any atom is -0.508 e. The summed E-state index contributed by atoms with van der Waals surface area (Å²) in [6, 6.07) is 3.42. The zero-order valence-corrected chi connectivity index (χ0v) is 46.4. The fraction of sp³-hybridized carbons (Fsp3) is 0.556. The summed E-state index contributed by atoms with van der Waals surface area (Å²) in [5.74, 6) is -9.67. The average molecular weight is 1130 g/mol. The van der Waals surface area contributed by atoms with E-state index >= 15 is 0 Å². The van der Waals surface area contributed by atoms with Crippen LogP contribution in [0.4, 0.5) is 0 Å². The quantitative estimate of drug-likeness (QED) is 0.0201. The van der Waals surface area contributed by atoms with E-state index in [9.17, 15) is 57.8 Å². The van der Waals surface area contributed by atoms with Gasteiger partial charge in [-0.2, -0.15) is 0 Å². The number of phenolic OH excluding ortho intramolecular Hbond substituents is 1. The lowest BCUT2D eigenvalue weighted by Crippen LogP contribution is -2.60. The van der Waals surface area contributed by atoms with Gasteiger partial charge in [0.1, 0.15) is 54.1 Å². The maximum absolute atomic E-state index is 14.6. The smallest absolute Gasteiger partial charge is 0.246 e. The van der Waals surface area contributed by atoms with Crippen molar-refractivity contribution < 1.29 is 57.8 Å². The van der Waals surface area contributed by atoms with Gasteiger partial charge in [0.2, 0.25) is 65.0 Å². The van der Waals surface area contributed by atoms with E-state index in [-0.39, 0.29) is 95.0 Å². The van der Waals surface area contributed by atoms with Crippen molar-refractivity contribution >= 4 is 70.9 Å². The van der Waals surface area contributed by atoms with Gasteiger partial charge in [-0.15, -0.1) is 0 Å². The molecule has 9 atom stereocenters. The second kappa shape index (κ2) is 31.4. The molecule has 0 aliphatic carbocycles. The van der Waals surface area contributed by atoms with E-state index in [1.54, 1.807) is 70.2 Å². The van der Waals surface area contributed by atoms with Crippen LogP contribution in [0.25, 0.3) is 0 Å². The number of nitrogens with zero attached hydrogens (tertiary/aromatic N) is 3. The zero-order chi connectivity index (χ0) is 60.1. The molecule has 0 bridgehead atoms. The Morgan fingerprint density at radius 2 is 1.11 bits per heavy atom. The Bertz CT molecular complexity index is 2580. The standard InChI is InChI=1S/C54H81N15O12/c1-29(2)25-39(66-49(77)38(28-43(57)72)65-51(79)41-15-10-24-69(41)53(81)44(30(3)4)67-46(74)34(55)26-32-16-18-33(70)19-17-32)52(80)68-23-9-14-40(68)50(78)63-36(20-21-42(56)71)48(76)62-35(13-8-22-61-54(59)60)47(75)64-37(45(58)73)27-31-11-6-5-7-12-31/h5-7,11-12,16-19,29-30,34-41,44,70H,8-10,13-15,20-28,55H2,1-4H3,(H2,56,71)(H2,57,72)(H2,58,73)(H,62,76)(H,63,78)(H,64,75)(H,65,79)(H,66,77)(H,67,74)(H4,59,60,61)/t34-,35-,36-,37-,38-,39-,40-,41-,44-/m0/s1. The molecule has 2 aromatic carbocycles. The predicted octanol–water partition coefficient (Wildman–Crippen LogP) is -3.22. The lowest BCUT2D eigenvalue weighted by molar-refractivity contribution is -0.144. The summed E-state index contributed by atoms with van der Waals surface area (Å²) >= 11 is 0. The molecule has 0 radical (unpaired) electrons. The summed E-state index contributed by atoms with van der Waals surface area (Å²) in [6.45, 7) is 7.20. The van der Waals surface area contributed by atoms with Crippen molar-refractivity contribution in [1.82, 2.24) is 41.7 Å². The van der Waals surface area contributed by atoms with Crippen molar-refractivity contribution in [3.63, 3.8) is 0 Å². The number of primary amides is 3. The van der Waals surface area contributed by atoms with Crippen LogP contribution in [0.3, 0.4) is 0 Å². The number of likely N-dealkylation sites (tertiary alicyclic amines) is 2. The Hall–Kier alpha value is -8.36. The fourth-order valence-corrected chi connectivity index (χ4v) is 9.59. The molecule has 19 N–H and O–H groups in total. The zero-order valence-electron chi connectivity index (χ0n) is 46.4. The normalized spacial score (nSPS) is 17.5. The van der Waals surface area contributed by atoms with Gasteiger partial charge in [-0.25, -0.2) is 0 Å². The van der Waals surface area contributed by atoms with E-state index < -0.39 is 132 Å². The van der Waals surface area contributed by atoms with Gasteiger partial charge in [0.05, 0.1) is 12.5 Å². The molecule has 27 heteroatoms. The largest absolute Gasteiger partial charge is 0.508 e. The summed E-state index contributed by atoms with van der Waals surface area (Å²) in [5.41, 5.74) is 35.2. The third-order valence-corrected chi connectivity index (χ3v) is 13.8. The van der Waals surface area contributed by atoms with Crippen molar-refractivity contribution in [2.45, 2.75) is 159 Å². The highest BCUT2D eigenvalue weighted by Gasteiger charge is 2.43. The van der Waals surface area contributed by atoms with Crippen molar-refractivity contribution in [1.29, 1.82) is 0 Å². The molecule has 81 heavy (non-hydrogen) atoms. The number of nitrogens with two attached hydrogens (primary N) is 6. The van der Waals surface area contributed by atoms with Gasteiger partial charge in [0, 0.05) is 32.5 Å². The first-order chi connectivity index (χ1) is 38.2. The van der Waals surface area contributed by atoms with Crippen LogP contribution in [0.5, 0.6) is 5.75 Å². The molecule has 2 aliphatic heterocycles. The van der Waals surface area contributed by atoms with Crippen LogP contribution in [0.1, 0.15) is 103 Å². The van der Waals surface area contributed by atoms with Crippen LogP contribution in [-0.2, 0) is 65.6 Å². The molecule has 2 fully saturated rings. The Labute approximate surface area is 470 Å². The van der Waals surface area contributed by atoms with E-state index in [1.807, 2.05) is 0 Å². The first-order valence-electron chi connectivity index (χ1n) is 27.2. The van der Waals surface area contributed by atoms with E-state index in [2.05, 4.69) is 36.9 Å². The molecule has 2 saturated heterocycles. The van der Waals surface area contributed by atoms with E-state index in [0.29, 0.717) is 24.0 Å². The van der Waals surface area contributed by atoms with Crippen molar-refractivity contribution in [2.24, 2.45) is 51.2 Å². The highest BCUT2D eigenvalue weighted by Crippen LogP contribution is 2.24. The van der Waals surface area contributed by atoms with Crippen LogP contribution < -0.4 is 66.3 Å². The number of amides is 11. The van der Waals surface area contributed by atoms with Crippen LogP contribution in [-0.4, -0.2) is 160 Å². The number of benzene rings is 2. The van der Waals surface area contributed by atoms with Crippen LogP contribution >= 0.6 is 0 Å². The van der Waals surface area contributed by atoms with Gasteiger partial charge in [0.25, 0.3) is 0 Å². The maximum Gasteiger partial charge on any atom is 0.246 e. The molecule has 11 amide bonds. The fourth-order valence-electron chi connectivity index (χ4n) is 9.59. The van der Waals surface area contributed by atoms with Crippen LogP contribution in [0.15, 0.2) is 59.6 Å². The number of phenols is 1. The van der Waals surface area contributed by atoms with Crippen molar-refractivity contribution in [2.75, 3.05) is 19.6 Å². The molecule has 2 aliphatic rings. The number of carbonyl (C=O) groups excluding carboxylic acids is 11. The number of aromatic hydroxyl groups is 1. The van der Waals surface area contributed by atoms with Gasteiger partial charge in [-0.1, -0.05) is 70.2 Å². The molecular formula is C54H81N15O12. The maximum atomic E-state index is 14.6. The van der Waals surface area contributed by atoms with Crippen molar-refractivity contribution in [3.05, 3.63) is 65.7 Å². The van der Waals surface area contributed by atoms with Crippen LogP contribution in [0, 0.1) is 11.8 Å². The van der Waals surface area contributed by atoms with E-state index in [4.69, 9.17) is 34.4 Å². The molecule has 27 nitrogen and oxygen atoms in total. The SMILES string of the molecule is CC(C)C[C@H](NC(=O)[C@H](CC(N)=O)NC(=O)[C@@H]1CCCN1C(=O)[C@@H](NC(=O)[C@@H](N)Cc1ccc(O)cc1)C(C)C)C(=O)N1CCC[C@H]1C(=O)N[C@@H](CCC(N)=O)C(=O)N[C@@H](CCCN=C(N)N)C(=O)N[C@@H](Cc1ccccc1)C(N)=O. The topological polar surface area (TPSA) is 455 Å². The Morgan fingerprint density at radius 1 is 0.593 bits per heavy atom. The predicted molar refractivity (Wildman–Crippen MR) is 297 cm³/mol. The number of carbonyl (C=O) groups is 11. The minimum atomic E-state index is -1.63. The van der Waals surface area contributed by atoms with Gasteiger partial charge >= 0.3 is 0 Å². The Morgan fingerprint density at radius 3 is 1.64 bits per heavy atom. The summed E-state index contributed by atoms with van der Waals surface area (Å²) < 4.78 is 0.